The van der Waals surface area contributed by atoms with Gasteiger partial charge in [-0.05, 0) is 12.8 Å². The summed E-state index contributed by atoms with van der Waals surface area (Å²) in [6.45, 7) is 8.01. The van der Waals surface area contributed by atoms with Gasteiger partial charge in [-0.3, -0.25) is 0 Å². The van der Waals surface area contributed by atoms with Crippen molar-refractivity contribution >= 4 is 11.8 Å². The smallest absolute Gasteiger partial charge is 0.0507 e. The normalized spacial score (nSPS) is 36.0. The molecule has 9 heavy (non-hydrogen) atoms. The molecule has 2 unspecified atom stereocenters. The molecule has 2 heteroatoms. The Morgan fingerprint density at radius 2 is 2.22 bits per heavy atom. The maximum Gasteiger partial charge on any atom is 0.0507 e. The number of nitrogens with one attached hydrogen (secondary N) is 1. The van der Waals surface area contributed by atoms with Crippen molar-refractivity contribution in [2.75, 3.05) is 6.54 Å². The van der Waals surface area contributed by atoms with Gasteiger partial charge in [0.25, 0.3) is 0 Å². The molecule has 1 aliphatic heterocycles. The quantitative estimate of drug-likeness (QED) is 0.602. The first-order chi connectivity index (χ1) is 4.20. The van der Waals surface area contributed by atoms with Crippen LogP contribution in [0.25, 0.3) is 0 Å². The van der Waals surface area contributed by atoms with E-state index in [-0.39, 0.29) is 0 Å². The van der Waals surface area contributed by atoms with Crippen LogP contribution in [0.4, 0.5) is 0 Å². The molecule has 0 amide bonds. The van der Waals surface area contributed by atoms with Crippen molar-refractivity contribution in [3.63, 3.8) is 0 Å². The van der Waals surface area contributed by atoms with Gasteiger partial charge in [-0.1, -0.05) is 13.8 Å². The average molecular weight is 145 g/mol. The topological polar surface area (TPSA) is 12.0 Å². The Bertz CT molecular complexity index is 92.9. The van der Waals surface area contributed by atoms with E-state index in [1.165, 1.54) is 6.54 Å². The lowest BCUT2D eigenvalue weighted by Crippen LogP contribution is -2.19. The van der Waals surface area contributed by atoms with E-state index >= 15 is 0 Å². The van der Waals surface area contributed by atoms with Gasteiger partial charge >= 0.3 is 0 Å². The Kier molecular flexibility index (Phi) is 2.42. The van der Waals surface area contributed by atoms with Gasteiger partial charge in [0.15, 0.2) is 0 Å². The molecule has 0 aromatic rings. The molecule has 54 valence electrons. The molecular formula is C7H15NS. The standard InChI is InChI=1S/C7H15NS/c1-5(2)7-4-8-6(3)9-7/h5-8H,4H2,1-3H3. The van der Waals surface area contributed by atoms with Gasteiger partial charge in [0, 0.05) is 11.8 Å². The van der Waals surface area contributed by atoms with Crippen LogP contribution in [0.1, 0.15) is 20.8 Å². The van der Waals surface area contributed by atoms with Crippen LogP contribution in [0.3, 0.4) is 0 Å². The summed E-state index contributed by atoms with van der Waals surface area (Å²) in [5.74, 6) is 0.826. The second-order valence-corrected chi connectivity index (χ2v) is 4.55. The molecule has 0 bridgehead atoms. The Labute approximate surface area is 61.6 Å². The SMILES string of the molecule is CC1NCC(C(C)C)S1. The monoisotopic (exact) mass is 145 g/mol. The van der Waals surface area contributed by atoms with Crippen LogP contribution in [0, 0.1) is 5.92 Å². The highest BCUT2D eigenvalue weighted by molar-refractivity contribution is 8.00. The Balaban J connectivity index is 2.30. The van der Waals surface area contributed by atoms with E-state index < -0.39 is 0 Å². The highest BCUT2D eigenvalue weighted by Crippen LogP contribution is 2.27. The van der Waals surface area contributed by atoms with Crippen LogP contribution < -0.4 is 5.32 Å². The van der Waals surface area contributed by atoms with Crippen molar-refractivity contribution in [2.45, 2.75) is 31.4 Å². The van der Waals surface area contributed by atoms with Crippen LogP contribution in [-0.2, 0) is 0 Å². The van der Waals surface area contributed by atoms with Gasteiger partial charge in [-0.15, -0.1) is 11.8 Å². The summed E-state index contributed by atoms with van der Waals surface area (Å²) in [6, 6.07) is 0. The summed E-state index contributed by atoms with van der Waals surface area (Å²) in [7, 11) is 0. The number of rotatable bonds is 1. The molecule has 1 saturated heterocycles. The lowest BCUT2D eigenvalue weighted by atomic mass is 10.1. The summed E-state index contributed by atoms with van der Waals surface area (Å²) >= 11 is 2.06. The third kappa shape index (κ3) is 1.87. The number of thioether (sulfide) groups is 1. The summed E-state index contributed by atoms with van der Waals surface area (Å²) in [5.41, 5.74) is 0. The van der Waals surface area contributed by atoms with E-state index in [0.29, 0.717) is 5.37 Å². The zero-order valence-electron chi connectivity index (χ0n) is 6.35. The van der Waals surface area contributed by atoms with E-state index in [2.05, 4.69) is 37.8 Å². The molecule has 1 aliphatic rings. The minimum atomic E-state index is 0.678. The molecule has 1 N–H and O–H groups in total. The molecule has 0 radical (unpaired) electrons. The predicted octanol–water partition coefficient (Wildman–Crippen LogP) is 1.69. The highest BCUT2D eigenvalue weighted by atomic mass is 32.2. The number of hydrogen-bond acceptors (Lipinski definition) is 2. The van der Waals surface area contributed by atoms with E-state index in [0.717, 1.165) is 11.2 Å². The van der Waals surface area contributed by atoms with Gasteiger partial charge in [0.2, 0.25) is 0 Å². The molecule has 2 atom stereocenters. The summed E-state index contributed by atoms with van der Waals surface area (Å²) < 4.78 is 0. The van der Waals surface area contributed by atoms with Gasteiger partial charge in [-0.2, -0.15) is 0 Å². The van der Waals surface area contributed by atoms with Crippen LogP contribution in [0.5, 0.6) is 0 Å². The van der Waals surface area contributed by atoms with Crippen molar-refractivity contribution in [3.05, 3.63) is 0 Å². The lowest BCUT2D eigenvalue weighted by molar-refractivity contribution is 0.584. The van der Waals surface area contributed by atoms with E-state index in [4.69, 9.17) is 0 Å². The molecule has 0 saturated carbocycles. The van der Waals surface area contributed by atoms with Gasteiger partial charge in [-0.25, -0.2) is 0 Å². The van der Waals surface area contributed by atoms with Crippen molar-refractivity contribution in [1.82, 2.24) is 5.32 Å². The molecule has 1 rings (SSSR count). The van der Waals surface area contributed by atoms with Crippen LogP contribution in [-0.4, -0.2) is 17.2 Å². The molecule has 0 aromatic carbocycles. The lowest BCUT2D eigenvalue weighted by Gasteiger charge is -2.10. The minimum absolute atomic E-state index is 0.678. The maximum atomic E-state index is 3.41. The third-order valence-electron chi connectivity index (χ3n) is 1.73. The first-order valence-electron chi connectivity index (χ1n) is 3.59. The third-order valence-corrected chi connectivity index (χ3v) is 3.36. The molecule has 1 fully saturated rings. The summed E-state index contributed by atoms with van der Waals surface area (Å²) in [6.07, 6.45) is 0. The van der Waals surface area contributed by atoms with E-state index in [9.17, 15) is 0 Å². The number of hydrogen-bond donors (Lipinski definition) is 1. The fourth-order valence-electron chi connectivity index (χ4n) is 1.03. The Morgan fingerprint density at radius 1 is 1.56 bits per heavy atom. The van der Waals surface area contributed by atoms with Crippen molar-refractivity contribution < 1.29 is 0 Å². The summed E-state index contributed by atoms with van der Waals surface area (Å²) in [5, 5.41) is 4.94. The van der Waals surface area contributed by atoms with E-state index in [1.54, 1.807) is 0 Å². The average Bonchev–Trinajstić information content (AvgIpc) is 2.14. The van der Waals surface area contributed by atoms with Crippen molar-refractivity contribution in [3.8, 4) is 0 Å². The van der Waals surface area contributed by atoms with Crippen LogP contribution in [0.15, 0.2) is 0 Å². The molecule has 0 aliphatic carbocycles. The maximum absolute atomic E-state index is 3.41. The molecular weight excluding hydrogens is 130 g/mol. The predicted molar refractivity (Wildman–Crippen MR) is 43.7 cm³/mol. The fourth-order valence-corrected chi connectivity index (χ4v) is 2.26. The largest absolute Gasteiger partial charge is 0.304 e. The van der Waals surface area contributed by atoms with Crippen molar-refractivity contribution in [1.29, 1.82) is 0 Å². The molecule has 0 aromatic heterocycles. The molecule has 0 spiro atoms. The van der Waals surface area contributed by atoms with Gasteiger partial charge < -0.3 is 5.32 Å². The van der Waals surface area contributed by atoms with Crippen LogP contribution in [0.2, 0.25) is 0 Å². The second kappa shape index (κ2) is 2.93. The van der Waals surface area contributed by atoms with Gasteiger partial charge in [0.05, 0.1) is 5.37 Å². The second-order valence-electron chi connectivity index (χ2n) is 2.97. The fraction of sp³-hybridized carbons (Fsp3) is 1.00. The zero-order chi connectivity index (χ0) is 6.85. The van der Waals surface area contributed by atoms with Gasteiger partial charge in [0.1, 0.15) is 0 Å². The molecule has 1 heterocycles. The van der Waals surface area contributed by atoms with E-state index in [1.807, 2.05) is 0 Å². The minimum Gasteiger partial charge on any atom is -0.304 e. The first kappa shape index (κ1) is 7.42. The molecule has 1 nitrogen and oxygen atoms in total. The zero-order valence-corrected chi connectivity index (χ0v) is 7.16. The van der Waals surface area contributed by atoms with Crippen molar-refractivity contribution in [2.24, 2.45) is 5.92 Å². The highest BCUT2D eigenvalue weighted by Gasteiger charge is 2.23. The Hall–Kier alpha value is 0.310. The summed E-state index contributed by atoms with van der Waals surface area (Å²) in [4.78, 5) is 0. The Morgan fingerprint density at radius 3 is 2.44 bits per heavy atom. The van der Waals surface area contributed by atoms with Crippen LogP contribution >= 0.6 is 11.8 Å². The first-order valence-corrected chi connectivity index (χ1v) is 4.53.